The Labute approximate surface area is 175 Å². The van der Waals surface area contributed by atoms with Crippen molar-refractivity contribution in [3.8, 4) is 0 Å². The molecule has 0 unspecified atom stereocenters. The molecule has 10 nitrogen and oxygen atoms in total. The molecule has 10 heteroatoms. The number of aryl methyl sites for hydroxylation is 1. The second kappa shape index (κ2) is 8.03. The number of nitrogens with zero attached hydrogens (tertiary/aromatic N) is 4. The molecule has 0 spiro atoms. The summed E-state index contributed by atoms with van der Waals surface area (Å²) in [6.07, 6.45) is 1.21. The van der Waals surface area contributed by atoms with Gasteiger partial charge in [-0.25, -0.2) is 14.8 Å². The molecule has 2 aromatic heterocycles. The molecule has 31 heavy (non-hydrogen) atoms. The summed E-state index contributed by atoms with van der Waals surface area (Å²) in [5, 5.41) is 27.5. The number of pyridine rings is 1. The van der Waals surface area contributed by atoms with E-state index in [1.165, 1.54) is 30.6 Å². The highest BCUT2D eigenvalue weighted by Gasteiger charge is 2.24. The Morgan fingerprint density at radius 1 is 1.00 bits per heavy atom. The number of anilines is 4. The fourth-order valence-corrected chi connectivity index (χ4v) is 3.06. The molecule has 0 aliphatic rings. The molecule has 0 radical (unpaired) electrons. The van der Waals surface area contributed by atoms with E-state index >= 15 is 0 Å². The first-order valence-corrected chi connectivity index (χ1v) is 9.15. The Bertz CT molecular complexity index is 1310. The first-order valence-electron chi connectivity index (χ1n) is 9.15. The third-order valence-electron chi connectivity index (χ3n) is 4.52. The van der Waals surface area contributed by atoms with Gasteiger partial charge in [0.15, 0.2) is 0 Å². The van der Waals surface area contributed by atoms with E-state index in [1.54, 1.807) is 12.1 Å². The van der Waals surface area contributed by atoms with Crippen LogP contribution in [0.5, 0.6) is 0 Å². The zero-order chi connectivity index (χ0) is 22.0. The first-order chi connectivity index (χ1) is 14.9. The Morgan fingerprint density at radius 3 is 2.39 bits per heavy atom. The number of aromatic carboxylic acids is 1. The standard InChI is InChI=1S/C21H16N6O4/c1-12-5-10-15-16(24-12)3-2-4-17(15)26-20-18(27(30)31)19(22-11-23-20)25-14-8-6-13(7-9-14)21(28)29/h2-11H,1H3,(H,28,29)(H2,22,23,25,26). The number of aromatic nitrogens is 3. The van der Waals surface area contributed by atoms with Gasteiger partial charge >= 0.3 is 11.7 Å². The molecule has 2 heterocycles. The molecule has 0 fully saturated rings. The predicted molar refractivity (Wildman–Crippen MR) is 115 cm³/mol. The third kappa shape index (κ3) is 4.08. The molecule has 0 bridgehead atoms. The summed E-state index contributed by atoms with van der Waals surface area (Å²) in [7, 11) is 0. The average Bonchev–Trinajstić information content (AvgIpc) is 2.74. The first kappa shape index (κ1) is 19.7. The van der Waals surface area contributed by atoms with Crippen molar-refractivity contribution < 1.29 is 14.8 Å². The van der Waals surface area contributed by atoms with E-state index < -0.39 is 10.9 Å². The number of nitro groups is 1. The van der Waals surface area contributed by atoms with Crippen molar-refractivity contribution in [1.82, 2.24) is 15.0 Å². The Hall–Kier alpha value is -4.60. The highest BCUT2D eigenvalue weighted by Crippen LogP contribution is 2.34. The normalized spacial score (nSPS) is 10.6. The van der Waals surface area contributed by atoms with Crippen LogP contribution in [0.25, 0.3) is 10.9 Å². The van der Waals surface area contributed by atoms with Crippen LogP contribution in [0.2, 0.25) is 0 Å². The van der Waals surface area contributed by atoms with E-state index in [9.17, 15) is 14.9 Å². The summed E-state index contributed by atoms with van der Waals surface area (Å²) in [4.78, 5) is 34.8. The van der Waals surface area contributed by atoms with Crippen LogP contribution >= 0.6 is 0 Å². The maximum atomic E-state index is 11.8. The van der Waals surface area contributed by atoms with E-state index in [4.69, 9.17) is 5.11 Å². The van der Waals surface area contributed by atoms with Gasteiger partial charge in [0.1, 0.15) is 6.33 Å². The van der Waals surface area contributed by atoms with Crippen LogP contribution in [-0.4, -0.2) is 31.0 Å². The van der Waals surface area contributed by atoms with Crippen LogP contribution in [-0.2, 0) is 0 Å². The van der Waals surface area contributed by atoms with Crippen molar-refractivity contribution in [2.24, 2.45) is 0 Å². The zero-order valence-electron chi connectivity index (χ0n) is 16.2. The van der Waals surface area contributed by atoms with Gasteiger partial charge in [-0.2, -0.15) is 0 Å². The minimum atomic E-state index is -1.06. The van der Waals surface area contributed by atoms with Crippen LogP contribution in [0, 0.1) is 17.0 Å². The van der Waals surface area contributed by atoms with Crippen LogP contribution in [0.15, 0.2) is 60.9 Å². The van der Waals surface area contributed by atoms with Gasteiger partial charge in [0, 0.05) is 22.5 Å². The minimum Gasteiger partial charge on any atom is -0.478 e. The van der Waals surface area contributed by atoms with Crippen LogP contribution in [0.1, 0.15) is 16.1 Å². The lowest BCUT2D eigenvalue weighted by atomic mass is 10.1. The number of benzene rings is 2. The number of carbonyl (C=O) groups is 1. The fraction of sp³-hybridized carbons (Fsp3) is 0.0476. The van der Waals surface area contributed by atoms with Gasteiger partial charge in [-0.15, -0.1) is 0 Å². The van der Waals surface area contributed by atoms with E-state index in [2.05, 4.69) is 25.6 Å². The summed E-state index contributed by atoms with van der Waals surface area (Å²) in [5.74, 6) is -1.08. The molecular formula is C21H16N6O4. The lowest BCUT2D eigenvalue weighted by Crippen LogP contribution is -2.06. The average molecular weight is 416 g/mol. The van der Waals surface area contributed by atoms with Gasteiger partial charge in [-0.1, -0.05) is 6.07 Å². The summed E-state index contributed by atoms with van der Waals surface area (Å²) >= 11 is 0. The summed E-state index contributed by atoms with van der Waals surface area (Å²) < 4.78 is 0. The molecule has 2 aromatic carbocycles. The summed E-state index contributed by atoms with van der Waals surface area (Å²) in [6.45, 7) is 1.88. The largest absolute Gasteiger partial charge is 0.478 e. The van der Waals surface area contributed by atoms with Gasteiger partial charge in [-0.3, -0.25) is 15.1 Å². The van der Waals surface area contributed by atoms with Gasteiger partial charge in [0.25, 0.3) is 0 Å². The van der Waals surface area contributed by atoms with E-state index in [0.717, 1.165) is 16.6 Å². The number of nitrogens with one attached hydrogen (secondary N) is 2. The highest BCUT2D eigenvalue weighted by atomic mass is 16.6. The number of carboxylic acids is 1. The molecule has 0 amide bonds. The SMILES string of the molecule is Cc1ccc2c(Nc3ncnc(Nc4ccc(C(=O)O)cc4)c3[N+](=O)[O-])cccc2n1. The Morgan fingerprint density at radius 2 is 1.71 bits per heavy atom. The molecule has 0 atom stereocenters. The second-order valence-electron chi connectivity index (χ2n) is 6.63. The zero-order valence-corrected chi connectivity index (χ0v) is 16.2. The number of fused-ring (bicyclic) bond motifs is 1. The summed E-state index contributed by atoms with van der Waals surface area (Å²) in [5.41, 5.74) is 2.43. The summed E-state index contributed by atoms with van der Waals surface area (Å²) in [6, 6.07) is 15.0. The molecule has 0 aliphatic heterocycles. The van der Waals surface area contributed by atoms with Crippen LogP contribution in [0.3, 0.4) is 0 Å². The van der Waals surface area contributed by atoms with Gasteiger partial charge in [0.05, 0.1) is 16.0 Å². The van der Waals surface area contributed by atoms with Crippen molar-refractivity contribution in [2.75, 3.05) is 10.6 Å². The Balaban J connectivity index is 1.71. The van der Waals surface area contributed by atoms with Gasteiger partial charge in [0.2, 0.25) is 11.6 Å². The van der Waals surface area contributed by atoms with Crippen molar-refractivity contribution in [1.29, 1.82) is 0 Å². The molecule has 4 rings (SSSR count). The molecule has 0 saturated heterocycles. The molecule has 0 saturated carbocycles. The van der Waals surface area contributed by atoms with E-state index in [-0.39, 0.29) is 22.9 Å². The van der Waals surface area contributed by atoms with Crippen molar-refractivity contribution in [3.63, 3.8) is 0 Å². The van der Waals surface area contributed by atoms with Crippen LogP contribution in [0.4, 0.5) is 28.7 Å². The molecular weight excluding hydrogens is 400 g/mol. The monoisotopic (exact) mass is 416 g/mol. The molecule has 4 aromatic rings. The van der Waals surface area contributed by atoms with Crippen molar-refractivity contribution >= 4 is 45.6 Å². The quantitative estimate of drug-likeness (QED) is 0.307. The number of carboxylic acid groups (broad SMARTS) is 1. The van der Waals surface area contributed by atoms with Gasteiger partial charge < -0.3 is 15.7 Å². The fourth-order valence-electron chi connectivity index (χ4n) is 3.06. The van der Waals surface area contributed by atoms with Crippen molar-refractivity contribution in [3.05, 3.63) is 82.3 Å². The molecule has 3 N–H and O–H groups in total. The minimum absolute atomic E-state index is 0.0118. The Kier molecular flexibility index (Phi) is 5.10. The number of rotatable bonds is 6. The topological polar surface area (TPSA) is 143 Å². The van der Waals surface area contributed by atoms with Crippen molar-refractivity contribution in [2.45, 2.75) is 6.92 Å². The lowest BCUT2D eigenvalue weighted by molar-refractivity contribution is -0.383. The number of hydrogen-bond acceptors (Lipinski definition) is 8. The maximum Gasteiger partial charge on any atom is 0.353 e. The molecule has 0 aliphatic carbocycles. The molecule has 154 valence electrons. The van der Waals surface area contributed by atoms with Gasteiger partial charge in [-0.05, 0) is 55.5 Å². The van der Waals surface area contributed by atoms with Crippen LogP contribution < -0.4 is 10.6 Å². The highest BCUT2D eigenvalue weighted by molar-refractivity contribution is 5.94. The maximum absolute atomic E-state index is 11.8. The van der Waals surface area contributed by atoms with E-state index in [1.807, 2.05) is 25.1 Å². The predicted octanol–water partition coefficient (Wildman–Crippen LogP) is 4.43. The third-order valence-corrected chi connectivity index (χ3v) is 4.52. The van der Waals surface area contributed by atoms with E-state index in [0.29, 0.717) is 11.4 Å². The second-order valence-corrected chi connectivity index (χ2v) is 6.63. The lowest BCUT2D eigenvalue weighted by Gasteiger charge is -2.12. The smallest absolute Gasteiger partial charge is 0.353 e. The number of hydrogen-bond donors (Lipinski definition) is 3.